The topological polar surface area (TPSA) is 117 Å². The van der Waals surface area contributed by atoms with E-state index in [0.717, 1.165) is 6.07 Å². The van der Waals surface area contributed by atoms with Crippen molar-refractivity contribution < 1.29 is 28.7 Å². The molecule has 0 aliphatic carbocycles. The zero-order valence-electron chi connectivity index (χ0n) is 17.5. The molecular formula is C24H17ClN2O7. The van der Waals surface area contributed by atoms with Gasteiger partial charge in [-0.25, -0.2) is 4.79 Å². The zero-order valence-corrected chi connectivity index (χ0v) is 18.2. The molecule has 0 bridgehead atoms. The summed E-state index contributed by atoms with van der Waals surface area (Å²) < 4.78 is 16.0. The molecule has 1 aliphatic heterocycles. The summed E-state index contributed by atoms with van der Waals surface area (Å²) in [7, 11) is 0. The molecule has 1 heterocycles. The number of hydrogen-bond acceptors (Lipinski definition) is 7. The van der Waals surface area contributed by atoms with E-state index in [1.54, 1.807) is 48.5 Å². The molecule has 0 saturated carbocycles. The van der Waals surface area contributed by atoms with Gasteiger partial charge in [0.25, 0.3) is 11.6 Å². The number of rotatable bonds is 7. The summed E-state index contributed by atoms with van der Waals surface area (Å²) in [4.78, 5) is 36.0. The highest BCUT2D eigenvalue weighted by molar-refractivity contribution is 6.32. The number of nitrogens with one attached hydrogen (secondary N) is 1. The molecule has 10 heteroatoms. The Balaban J connectivity index is 1.51. The molecule has 3 aromatic carbocycles. The van der Waals surface area contributed by atoms with Crippen molar-refractivity contribution in [3.8, 4) is 11.5 Å². The number of nitro groups is 1. The lowest BCUT2D eigenvalue weighted by atomic mass is 10.1. The van der Waals surface area contributed by atoms with Crippen LogP contribution in [0.4, 0.5) is 11.4 Å². The van der Waals surface area contributed by atoms with Crippen molar-refractivity contribution in [2.24, 2.45) is 0 Å². The van der Waals surface area contributed by atoms with E-state index in [2.05, 4.69) is 5.32 Å². The number of nitrogens with zero attached hydrogens (tertiary/aromatic N) is 1. The van der Waals surface area contributed by atoms with Gasteiger partial charge in [0.1, 0.15) is 5.02 Å². The Morgan fingerprint density at radius 1 is 1.06 bits per heavy atom. The molecule has 1 atom stereocenters. The molecule has 4 rings (SSSR count). The Bertz CT molecular complexity index is 1280. The number of ether oxygens (including phenoxy) is 3. The molecule has 3 aromatic rings. The van der Waals surface area contributed by atoms with Gasteiger partial charge in [0.05, 0.1) is 4.92 Å². The van der Waals surface area contributed by atoms with Gasteiger partial charge in [0.15, 0.2) is 11.5 Å². The molecule has 9 nitrogen and oxygen atoms in total. The summed E-state index contributed by atoms with van der Waals surface area (Å²) >= 11 is 5.83. The lowest BCUT2D eigenvalue weighted by molar-refractivity contribution is -0.384. The minimum absolute atomic E-state index is 0.0670. The van der Waals surface area contributed by atoms with E-state index in [-0.39, 0.29) is 23.2 Å². The monoisotopic (exact) mass is 480 g/mol. The van der Waals surface area contributed by atoms with Crippen LogP contribution in [0, 0.1) is 10.1 Å². The first kappa shape index (κ1) is 22.8. The predicted octanol–water partition coefficient (Wildman–Crippen LogP) is 4.91. The number of nitro benzene ring substituents is 1. The zero-order chi connectivity index (χ0) is 24.1. The number of benzene rings is 3. The number of amides is 1. The van der Waals surface area contributed by atoms with Gasteiger partial charge >= 0.3 is 5.97 Å². The van der Waals surface area contributed by atoms with Gasteiger partial charge < -0.3 is 19.5 Å². The molecule has 0 aromatic heterocycles. The second kappa shape index (κ2) is 10.1. The van der Waals surface area contributed by atoms with Crippen LogP contribution in [0.25, 0.3) is 6.08 Å². The Morgan fingerprint density at radius 2 is 1.82 bits per heavy atom. The highest BCUT2D eigenvalue weighted by Gasteiger charge is 2.25. The van der Waals surface area contributed by atoms with Crippen LogP contribution < -0.4 is 14.8 Å². The number of carbonyl (C=O) groups is 2. The second-order valence-electron chi connectivity index (χ2n) is 7.09. The maximum Gasteiger partial charge on any atom is 0.331 e. The third kappa shape index (κ3) is 5.33. The summed E-state index contributed by atoms with van der Waals surface area (Å²) in [6.07, 6.45) is 1.41. The van der Waals surface area contributed by atoms with Gasteiger partial charge in [0.2, 0.25) is 12.9 Å². The molecule has 0 spiro atoms. The average molecular weight is 481 g/mol. The summed E-state index contributed by atoms with van der Waals surface area (Å²) in [5.74, 6) is -0.270. The first-order valence-corrected chi connectivity index (χ1v) is 10.4. The molecule has 34 heavy (non-hydrogen) atoms. The maximum atomic E-state index is 13.0. The second-order valence-corrected chi connectivity index (χ2v) is 7.49. The number of anilines is 1. The van der Waals surface area contributed by atoms with Gasteiger partial charge in [-0.1, -0.05) is 48.0 Å². The number of fused-ring (bicyclic) bond motifs is 1. The van der Waals surface area contributed by atoms with Crippen LogP contribution in [-0.2, 0) is 14.3 Å². The van der Waals surface area contributed by atoms with E-state index in [1.807, 2.05) is 0 Å². The molecule has 1 amide bonds. The van der Waals surface area contributed by atoms with Crippen LogP contribution in [0.15, 0.2) is 72.8 Å². The molecule has 1 aliphatic rings. The molecule has 1 unspecified atom stereocenters. The highest BCUT2D eigenvalue weighted by atomic mass is 35.5. The Kier molecular flexibility index (Phi) is 6.74. The van der Waals surface area contributed by atoms with E-state index in [1.165, 1.54) is 24.3 Å². The minimum Gasteiger partial charge on any atom is -0.454 e. The molecule has 0 saturated heterocycles. The van der Waals surface area contributed by atoms with Crippen molar-refractivity contribution in [1.29, 1.82) is 0 Å². The lowest BCUT2D eigenvalue weighted by Crippen LogP contribution is -2.25. The third-order valence-corrected chi connectivity index (χ3v) is 5.11. The number of halogens is 1. The number of carbonyl (C=O) groups excluding carboxylic acids is 2. The van der Waals surface area contributed by atoms with Crippen LogP contribution in [0.1, 0.15) is 17.2 Å². The fourth-order valence-corrected chi connectivity index (χ4v) is 3.36. The van der Waals surface area contributed by atoms with Crippen molar-refractivity contribution in [2.75, 3.05) is 12.1 Å². The molecule has 0 fully saturated rings. The van der Waals surface area contributed by atoms with E-state index in [9.17, 15) is 19.7 Å². The standard InChI is InChI=1S/C24H17ClN2O7/c25-18-9-8-17(13-19(18)27(30)31)26-24(29)23(16-4-2-1-3-5-16)34-22(28)11-7-15-6-10-20-21(12-15)33-14-32-20/h1-13,23H,14H2,(H,26,29). The van der Waals surface area contributed by atoms with Crippen LogP contribution in [0.5, 0.6) is 11.5 Å². The van der Waals surface area contributed by atoms with Crippen LogP contribution in [-0.4, -0.2) is 23.6 Å². The van der Waals surface area contributed by atoms with Crippen molar-refractivity contribution in [3.05, 3.63) is 99.1 Å². The molecule has 0 radical (unpaired) electrons. The average Bonchev–Trinajstić information content (AvgIpc) is 3.30. The largest absolute Gasteiger partial charge is 0.454 e. The van der Waals surface area contributed by atoms with E-state index in [4.69, 9.17) is 25.8 Å². The van der Waals surface area contributed by atoms with Gasteiger partial charge in [-0.2, -0.15) is 0 Å². The third-order valence-electron chi connectivity index (χ3n) is 4.79. The smallest absolute Gasteiger partial charge is 0.331 e. The van der Waals surface area contributed by atoms with E-state index >= 15 is 0 Å². The Morgan fingerprint density at radius 3 is 2.59 bits per heavy atom. The Hall–Kier alpha value is -4.37. The first-order valence-electron chi connectivity index (χ1n) is 9.99. The summed E-state index contributed by atoms with van der Waals surface area (Å²) in [6, 6.07) is 17.4. The van der Waals surface area contributed by atoms with Crippen LogP contribution in [0.3, 0.4) is 0 Å². The maximum absolute atomic E-state index is 13.0. The SMILES string of the molecule is O=C(C=Cc1ccc2c(c1)OCO2)OC(C(=O)Nc1ccc(Cl)c([N+](=O)[O-])c1)c1ccccc1. The molecule has 172 valence electrons. The van der Waals surface area contributed by atoms with Gasteiger partial charge in [0, 0.05) is 23.4 Å². The normalized spacial score (nSPS) is 12.9. The Labute approximate surface area is 198 Å². The summed E-state index contributed by atoms with van der Waals surface area (Å²) in [5.41, 5.74) is 0.872. The molecule has 1 N–H and O–H groups in total. The highest BCUT2D eigenvalue weighted by Crippen LogP contribution is 2.33. The predicted molar refractivity (Wildman–Crippen MR) is 124 cm³/mol. The lowest BCUT2D eigenvalue weighted by Gasteiger charge is -2.17. The van der Waals surface area contributed by atoms with Crippen molar-refractivity contribution in [2.45, 2.75) is 6.10 Å². The first-order chi connectivity index (χ1) is 16.4. The van der Waals surface area contributed by atoms with Gasteiger partial charge in [-0.05, 0) is 35.9 Å². The minimum atomic E-state index is -1.30. The fourth-order valence-electron chi connectivity index (χ4n) is 3.18. The van der Waals surface area contributed by atoms with E-state index < -0.39 is 22.9 Å². The van der Waals surface area contributed by atoms with Crippen LogP contribution in [0.2, 0.25) is 5.02 Å². The van der Waals surface area contributed by atoms with Crippen LogP contribution >= 0.6 is 11.6 Å². The number of esters is 1. The van der Waals surface area contributed by atoms with Crippen molar-refractivity contribution in [3.63, 3.8) is 0 Å². The summed E-state index contributed by atoms with van der Waals surface area (Å²) in [6.45, 7) is 0.134. The molecular weight excluding hydrogens is 464 g/mol. The fraction of sp³-hybridized carbons (Fsp3) is 0.0833. The van der Waals surface area contributed by atoms with Gasteiger partial charge in [-0.3, -0.25) is 14.9 Å². The van der Waals surface area contributed by atoms with Crippen molar-refractivity contribution >= 4 is 40.9 Å². The van der Waals surface area contributed by atoms with E-state index in [0.29, 0.717) is 22.6 Å². The van der Waals surface area contributed by atoms with Gasteiger partial charge in [-0.15, -0.1) is 0 Å². The summed E-state index contributed by atoms with van der Waals surface area (Å²) in [5, 5.41) is 13.6. The van der Waals surface area contributed by atoms with Crippen molar-refractivity contribution in [1.82, 2.24) is 0 Å². The quantitative estimate of drug-likeness (QED) is 0.221. The number of hydrogen-bond donors (Lipinski definition) is 1.